The summed E-state index contributed by atoms with van der Waals surface area (Å²) in [6, 6.07) is 0. The number of carbonyl (C=O) groups is 3. The van der Waals surface area contributed by atoms with Crippen molar-refractivity contribution in [2.45, 2.75) is 277 Å². The van der Waals surface area contributed by atoms with E-state index in [0.717, 1.165) is 135 Å². The van der Waals surface area contributed by atoms with Crippen molar-refractivity contribution in [3.05, 3.63) is 109 Å². The molecule has 0 aromatic carbocycles. The predicted molar refractivity (Wildman–Crippen MR) is 311 cm³/mol. The smallest absolute Gasteiger partial charge is 0.306 e. The molecule has 0 saturated carbocycles. The Balaban J connectivity index is 4.37. The van der Waals surface area contributed by atoms with Gasteiger partial charge in [-0.25, -0.2) is 0 Å². The fourth-order valence-corrected chi connectivity index (χ4v) is 7.99. The van der Waals surface area contributed by atoms with Gasteiger partial charge in [-0.05, 0) is 122 Å². The third-order valence-corrected chi connectivity index (χ3v) is 12.5. The third kappa shape index (κ3) is 57.0. The Kier molecular flexibility index (Phi) is 56.4. The zero-order chi connectivity index (χ0) is 52.2. The van der Waals surface area contributed by atoms with Crippen LogP contribution in [-0.4, -0.2) is 37.2 Å². The monoisotopic (exact) mass is 999 g/mol. The van der Waals surface area contributed by atoms with Crippen LogP contribution in [0, 0.1) is 0 Å². The molecule has 410 valence electrons. The van der Waals surface area contributed by atoms with E-state index >= 15 is 0 Å². The molecule has 72 heavy (non-hydrogen) atoms. The van der Waals surface area contributed by atoms with E-state index in [-0.39, 0.29) is 31.1 Å². The molecule has 0 N–H and O–H groups in total. The zero-order valence-electron chi connectivity index (χ0n) is 46.9. The molecule has 0 aromatic heterocycles. The Bertz CT molecular complexity index is 1470. The van der Waals surface area contributed by atoms with Gasteiger partial charge >= 0.3 is 17.9 Å². The second kappa shape index (κ2) is 59.6. The molecule has 0 amide bonds. The largest absolute Gasteiger partial charge is 0.462 e. The molecule has 6 nitrogen and oxygen atoms in total. The highest BCUT2D eigenvalue weighted by molar-refractivity contribution is 5.71. The Morgan fingerprint density at radius 3 is 0.903 bits per heavy atom. The van der Waals surface area contributed by atoms with Gasteiger partial charge in [-0.3, -0.25) is 14.4 Å². The fraction of sp³-hybridized carbons (Fsp3) is 0.682. The van der Waals surface area contributed by atoms with Crippen molar-refractivity contribution in [3.8, 4) is 0 Å². The second-order valence-electron chi connectivity index (χ2n) is 19.5. The maximum atomic E-state index is 12.9. The molecule has 0 saturated heterocycles. The molecule has 0 aliphatic heterocycles. The van der Waals surface area contributed by atoms with Crippen LogP contribution in [0.15, 0.2) is 109 Å². The molecule has 0 fully saturated rings. The number of hydrogen-bond acceptors (Lipinski definition) is 6. The van der Waals surface area contributed by atoms with E-state index in [1.165, 1.54) is 96.3 Å². The van der Waals surface area contributed by atoms with Gasteiger partial charge in [-0.15, -0.1) is 0 Å². The van der Waals surface area contributed by atoms with E-state index in [1.807, 2.05) is 0 Å². The lowest BCUT2D eigenvalue weighted by Gasteiger charge is -2.18. The van der Waals surface area contributed by atoms with Crippen molar-refractivity contribution < 1.29 is 28.6 Å². The first-order chi connectivity index (χ1) is 35.5. The van der Waals surface area contributed by atoms with Crippen molar-refractivity contribution in [1.29, 1.82) is 0 Å². The van der Waals surface area contributed by atoms with Crippen LogP contribution in [0.2, 0.25) is 0 Å². The highest BCUT2D eigenvalue weighted by Gasteiger charge is 2.19. The molecule has 0 aromatic rings. The van der Waals surface area contributed by atoms with Crippen LogP contribution in [0.1, 0.15) is 271 Å². The van der Waals surface area contributed by atoms with Gasteiger partial charge in [-0.1, -0.05) is 239 Å². The molecule has 6 heteroatoms. The van der Waals surface area contributed by atoms with Crippen LogP contribution < -0.4 is 0 Å². The maximum absolute atomic E-state index is 12.9. The van der Waals surface area contributed by atoms with Crippen molar-refractivity contribution in [1.82, 2.24) is 0 Å². The summed E-state index contributed by atoms with van der Waals surface area (Å²) in [6.45, 7) is 6.45. The number of carbonyl (C=O) groups excluding carboxylic acids is 3. The number of hydrogen-bond donors (Lipinski definition) is 0. The SMILES string of the molecule is CC/C=C\C/C=C\C/C=C\C/C=C\C/C=C\C/C=C\CCCCCCCCC(=O)OCC(COC(=O)CCCCCCC/C=C\CCCC)OC(=O)CCCCCCCCC/C=C\C/C=C\CCCCCC. The van der Waals surface area contributed by atoms with Crippen molar-refractivity contribution >= 4 is 17.9 Å². The van der Waals surface area contributed by atoms with E-state index in [1.54, 1.807) is 0 Å². The molecule has 0 aliphatic rings. The number of rotatable bonds is 53. The second-order valence-corrected chi connectivity index (χ2v) is 19.5. The van der Waals surface area contributed by atoms with Gasteiger partial charge in [0.15, 0.2) is 6.10 Å². The van der Waals surface area contributed by atoms with Crippen molar-refractivity contribution in [2.24, 2.45) is 0 Å². The van der Waals surface area contributed by atoms with E-state index < -0.39 is 6.10 Å². The van der Waals surface area contributed by atoms with Crippen LogP contribution in [-0.2, 0) is 28.6 Å². The quantitative estimate of drug-likeness (QED) is 0.0261. The highest BCUT2D eigenvalue weighted by atomic mass is 16.6. The number of ether oxygens (including phenoxy) is 3. The van der Waals surface area contributed by atoms with Crippen molar-refractivity contribution in [2.75, 3.05) is 13.2 Å². The lowest BCUT2D eigenvalue weighted by atomic mass is 10.1. The lowest BCUT2D eigenvalue weighted by Crippen LogP contribution is -2.30. The Morgan fingerprint density at radius 2 is 0.556 bits per heavy atom. The zero-order valence-corrected chi connectivity index (χ0v) is 46.9. The highest BCUT2D eigenvalue weighted by Crippen LogP contribution is 2.14. The van der Waals surface area contributed by atoms with Gasteiger partial charge in [0.1, 0.15) is 13.2 Å². The molecule has 0 aliphatic carbocycles. The summed E-state index contributed by atoms with van der Waals surface area (Å²) in [7, 11) is 0. The predicted octanol–water partition coefficient (Wildman–Crippen LogP) is 20.3. The number of esters is 3. The van der Waals surface area contributed by atoms with Crippen LogP contribution in [0.4, 0.5) is 0 Å². The summed E-state index contributed by atoms with van der Waals surface area (Å²) in [6.07, 6.45) is 80.8. The average Bonchev–Trinajstić information content (AvgIpc) is 3.38. The minimum atomic E-state index is -0.794. The summed E-state index contributed by atoms with van der Waals surface area (Å²) >= 11 is 0. The van der Waals surface area contributed by atoms with E-state index in [9.17, 15) is 14.4 Å². The van der Waals surface area contributed by atoms with Gasteiger partial charge < -0.3 is 14.2 Å². The Hall–Kier alpha value is -3.93. The molecule has 0 bridgehead atoms. The lowest BCUT2D eigenvalue weighted by molar-refractivity contribution is -0.167. The van der Waals surface area contributed by atoms with Crippen LogP contribution in [0.5, 0.6) is 0 Å². The molecule has 0 heterocycles. The maximum Gasteiger partial charge on any atom is 0.306 e. The first kappa shape index (κ1) is 68.1. The van der Waals surface area contributed by atoms with Crippen LogP contribution in [0.25, 0.3) is 0 Å². The first-order valence-corrected chi connectivity index (χ1v) is 29.9. The minimum absolute atomic E-state index is 0.0915. The normalized spacial score (nSPS) is 12.9. The minimum Gasteiger partial charge on any atom is -0.462 e. The first-order valence-electron chi connectivity index (χ1n) is 29.9. The van der Waals surface area contributed by atoms with Crippen molar-refractivity contribution in [3.63, 3.8) is 0 Å². The van der Waals surface area contributed by atoms with Gasteiger partial charge in [0, 0.05) is 19.3 Å². The molecular weight excluding hydrogens is 889 g/mol. The number of allylic oxidation sites excluding steroid dienone is 18. The summed E-state index contributed by atoms with van der Waals surface area (Å²) in [4.78, 5) is 38.2. The molecule has 0 rings (SSSR count). The molecule has 1 unspecified atom stereocenters. The van der Waals surface area contributed by atoms with E-state index in [4.69, 9.17) is 14.2 Å². The molecule has 0 radical (unpaired) electrons. The summed E-state index contributed by atoms with van der Waals surface area (Å²) < 4.78 is 16.8. The Morgan fingerprint density at radius 1 is 0.292 bits per heavy atom. The van der Waals surface area contributed by atoms with Crippen LogP contribution >= 0.6 is 0 Å². The fourth-order valence-electron chi connectivity index (χ4n) is 7.99. The van der Waals surface area contributed by atoms with Gasteiger partial charge in [0.2, 0.25) is 0 Å². The standard InChI is InChI=1S/C66H110O6/c1-4-7-10-13-16-19-22-24-26-28-30-31-32-33-34-35-36-38-39-41-44-47-50-53-56-59-65(68)71-62-63(61-70-64(67)58-55-52-49-46-43-21-18-15-12-9-6-3)72-66(69)60-57-54-51-48-45-42-40-37-29-27-25-23-20-17-14-11-8-5-2/h7,10,15-16,18-20,23-24,26-27,29-31,33-34,36,38,63H,4-6,8-9,11-14,17,21-22,25,28,32,35,37,39-62H2,1-3H3/b10-7-,18-15-,19-16-,23-20-,26-24-,29-27-,31-30-,34-33-,38-36-. The third-order valence-electron chi connectivity index (χ3n) is 12.5. The Labute approximate surface area is 444 Å². The van der Waals surface area contributed by atoms with E-state index in [0.29, 0.717) is 19.3 Å². The summed E-state index contributed by atoms with van der Waals surface area (Å²) in [5.41, 5.74) is 0. The average molecular weight is 1000 g/mol. The van der Waals surface area contributed by atoms with Crippen LogP contribution in [0.3, 0.4) is 0 Å². The topological polar surface area (TPSA) is 78.9 Å². The molecule has 1 atom stereocenters. The van der Waals surface area contributed by atoms with E-state index in [2.05, 4.69) is 130 Å². The molecule has 0 spiro atoms. The van der Waals surface area contributed by atoms with Gasteiger partial charge in [0.05, 0.1) is 0 Å². The summed E-state index contributed by atoms with van der Waals surface area (Å²) in [5.74, 6) is -0.922. The van der Waals surface area contributed by atoms with Gasteiger partial charge in [-0.2, -0.15) is 0 Å². The van der Waals surface area contributed by atoms with Gasteiger partial charge in [0.25, 0.3) is 0 Å². The molecular formula is C66H110O6. The summed E-state index contributed by atoms with van der Waals surface area (Å²) in [5, 5.41) is 0. The number of unbranched alkanes of at least 4 members (excludes halogenated alkanes) is 24.